The molecule has 1 aromatic carbocycles. The number of hydrogen-bond acceptors (Lipinski definition) is 3. The van der Waals surface area contributed by atoms with Crippen LogP contribution in [0.25, 0.3) is 0 Å². The molecule has 0 aliphatic carbocycles. The van der Waals surface area contributed by atoms with Gasteiger partial charge in [-0.1, -0.05) is 18.2 Å². The maximum Gasteiger partial charge on any atom is 0.263 e. The smallest absolute Gasteiger partial charge is 0.263 e. The van der Waals surface area contributed by atoms with Gasteiger partial charge < -0.3 is 9.64 Å². The Kier molecular flexibility index (Phi) is 3.79. The van der Waals surface area contributed by atoms with Crippen LogP contribution in [0.4, 0.5) is 0 Å². The van der Waals surface area contributed by atoms with Gasteiger partial charge in [0.1, 0.15) is 5.75 Å². The number of para-hydroxylation sites is 1. The number of fused-ring (bicyclic) bond motifs is 1. The lowest BCUT2D eigenvalue weighted by Gasteiger charge is -2.33. The van der Waals surface area contributed by atoms with E-state index in [1.807, 2.05) is 47.8 Å². The molecule has 126 valence electrons. The van der Waals surface area contributed by atoms with Crippen LogP contribution in [-0.2, 0) is 11.2 Å². The third kappa shape index (κ3) is 2.68. The molecular weight excluding hydrogens is 302 g/mol. The van der Waals surface area contributed by atoms with Crippen molar-refractivity contribution < 1.29 is 9.53 Å². The van der Waals surface area contributed by atoms with E-state index in [2.05, 4.69) is 11.2 Å². The average molecular weight is 325 g/mol. The summed E-state index contributed by atoms with van der Waals surface area (Å²) in [4.78, 5) is 14.8. The molecule has 1 unspecified atom stereocenters. The highest BCUT2D eigenvalue weighted by Gasteiger charge is 2.34. The van der Waals surface area contributed by atoms with E-state index < -0.39 is 0 Å². The van der Waals surface area contributed by atoms with Gasteiger partial charge in [-0.3, -0.25) is 9.48 Å². The van der Waals surface area contributed by atoms with Crippen molar-refractivity contribution in [2.45, 2.75) is 45.3 Å². The van der Waals surface area contributed by atoms with Crippen molar-refractivity contribution in [2.75, 3.05) is 13.1 Å². The van der Waals surface area contributed by atoms with E-state index in [-0.39, 0.29) is 12.0 Å². The predicted molar refractivity (Wildman–Crippen MR) is 91.1 cm³/mol. The Morgan fingerprint density at radius 2 is 2.00 bits per heavy atom. The van der Waals surface area contributed by atoms with Crippen molar-refractivity contribution in [3.63, 3.8) is 0 Å². The third-order valence-electron chi connectivity index (χ3n) is 5.13. The number of aromatic nitrogens is 2. The fraction of sp³-hybridized carbons (Fsp3) is 0.474. The number of aryl methyl sites for hydroxylation is 2. The maximum atomic E-state index is 12.8. The Hall–Kier alpha value is -2.30. The summed E-state index contributed by atoms with van der Waals surface area (Å²) in [6, 6.07) is 8.54. The Bertz CT molecular complexity index is 760. The van der Waals surface area contributed by atoms with Crippen LogP contribution in [0.2, 0.25) is 0 Å². The van der Waals surface area contributed by atoms with Crippen LogP contribution in [0.3, 0.4) is 0 Å². The number of likely N-dealkylation sites (tertiary alicyclic amines) is 1. The minimum atomic E-state index is -0.357. The molecule has 0 radical (unpaired) electrons. The molecule has 24 heavy (non-hydrogen) atoms. The summed E-state index contributed by atoms with van der Waals surface area (Å²) in [5, 5.41) is 4.51. The van der Waals surface area contributed by atoms with Gasteiger partial charge in [0.05, 0.1) is 11.7 Å². The van der Waals surface area contributed by atoms with Crippen LogP contribution in [0.1, 0.15) is 35.7 Å². The first kappa shape index (κ1) is 15.2. The van der Waals surface area contributed by atoms with Crippen molar-refractivity contribution in [2.24, 2.45) is 0 Å². The highest BCUT2D eigenvalue weighted by Crippen LogP contribution is 2.33. The van der Waals surface area contributed by atoms with E-state index in [4.69, 9.17) is 4.74 Å². The minimum absolute atomic E-state index is 0.126. The predicted octanol–water partition coefficient (Wildman–Crippen LogP) is 2.67. The van der Waals surface area contributed by atoms with Gasteiger partial charge >= 0.3 is 0 Å². The van der Waals surface area contributed by atoms with Crippen LogP contribution >= 0.6 is 0 Å². The van der Waals surface area contributed by atoms with E-state index in [0.29, 0.717) is 12.5 Å². The zero-order valence-electron chi connectivity index (χ0n) is 14.2. The van der Waals surface area contributed by atoms with Gasteiger partial charge in [-0.2, -0.15) is 5.10 Å². The van der Waals surface area contributed by atoms with Gasteiger partial charge in [-0.05, 0) is 43.9 Å². The number of nitrogens with zero attached hydrogens (tertiary/aromatic N) is 3. The third-order valence-corrected chi connectivity index (χ3v) is 5.13. The lowest BCUT2D eigenvalue weighted by atomic mass is 10.0. The molecule has 4 rings (SSSR count). The van der Waals surface area contributed by atoms with E-state index in [0.717, 1.165) is 48.5 Å². The molecular formula is C19H23N3O2. The first-order valence-electron chi connectivity index (χ1n) is 8.67. The molecule has 1 saturated heterocycles. The summed E-state index contributed by atoms with van der Waals surface area (Å²) in [6.07, 6.45) is 4.27. The number of benzene rings is 1. The summed E-state index contributed by atoms with van der Waals surface area (Å²) >= 11 is 0. The van der Waals surface area contributed by atoms with Crippen molar-refractivity contribution in [3.8, 4) is 5.75 Å². The molecule has 3 heterocycles. The van der Waals surface area contributed by atoms with Crippen LogP contribution in [0, 0.1) is 13.8 Å². The van der Waals surface area contributed by atoms with E-state index >= 15 is 0 Å². The lowest BCUT2D eigenvalue weighted by Crippen LogP contribution is -2.45. The zero-order chi connectivity index (χ0) is 16.7. The monoisotopic (exact) mass is 325 g/mol. The lowest BCUT2D eigenvalue weighted by molar-refractivity contribution is -0.139. The highest BCUT2D eigenvalue weighted by atomic mass is 16.5. The molecule has 5 nitrogen and oxygen atoms in total. The number of carbonyl (C=O) groups is 1. The molecule has 0 spiro atoms. The molecule has 1 aromatic heterocycles. The van der Waals surface area contributed by atoms with Gasteiger partial charge in [-0.15, -0.1) is 0 Å². The Labute approximate surface area is 142 Å². The van der Waals surface area contributed by atoms with Crippen LogP contribution in [0.5, 0.6) is 5.75 Å². The summed E-state index contributed by atoms with van der Waals surface area (Å²) in [5.41, 5.74) is 3.30. The summed E-state index contributed by atoms with van der Waals surface area (Å²) < 4.78 is 8.00. The van der Waals surface area contributed by atoms with Gasteiger partial charge in [0, 0.05) is 25.7 Å². The molecule has 0 N–H and O–H groups in total. The standard InChI is InChI=1S/C19H23N3O2/c1-13-4-3-5-15-12-17(24-18(13)15)19(23)21-9-7-16(8-10-21)22-11-6-14(2)20-22/h3-6,11,16-17H,7-10,12H2,1-2H3. The fourth-order valence-electron chi connectivity index (χ4n) is 3.75. The van der Waals surface area contributed by atoms with Gasteiger partial charge in [0.25, 0.3) is 5.91 Å². The Morgan fingerprint density at radius 1 is 1.21 bits per heavy atom. The van der Waals surface area contributed by atoms with Gasteiger partial charge in [0.15, 0.2) is 6.10 Å². The number of hydrogen-bond donors (Lipinski definition) is 0. The van der Waals surface area contributed by atoms with Crippen LogP contribution in [-0.4, -0.2) is 39.8 Å². The molecule has 2 aromatic rings. The molecule has 5 heteroatoms. The molecule has 1 amide bonds. The molecule has 0 saturated carbocycles. The highest BCUT2D eigenvalue weighted by molar-refractivity contribution is 5.83. The molecule has 2 aliphatic rings. The van der Waals surface area contributed by atoms with Gasteiger partial charge in [0.2, 0.25) is 0 Å². The summed E-state index contributed by atoms with van der Waals surface area (Å²) in [6.45, 7) is 5.59. The molecule has 0 bridgehead atoms. The van der Waals surface area contributed by atoms with E-state index in [1.165, 1.54) is 0 Å². The normalized spacial score (nSPS) is 20.8. The molecule has 1 atom stereocenters. The van der Waals surface area contributed by atoms with Crippen molar-refractivity contribution in [1.82, 2.24) is 14.7 Å². The van der Waals surface area contributed by atoms with E-state index in [9.17, 15) is 4.79 Å². The first-order chi connectivity index (χ1) is 11.6. The summed E-state index contributed by atoms with van der Waals surface area (Å²) in [7, 11) is 0. The first-order valence-corrected chi connectivity index (χ1v) is 8.67. The Balaban J connectivity index is 1.38. The second-order valence-corrected chi connectivity index (χ2v) is 6.87. The number of rotatable bonds is 2. The average Bonchev–Trinajstić information content (AvgIpc) is 3.21. The quantitative estimate of drug-likeness (QED) is 0.853. The Morgan fingerprint density at radius 3 is 2.67 bits per heavy atom. The largest absolute Gasteiger partial charge is 0.480 e. The second kappa shape index (κ2) is 5.96. The van der Waals surface area contributed by atoms with Crippen LogP contribution < -0.4 is 4.74 Å². The molecule has 1 fully saturated rings. The van der Waals surface area contributed by atoms with Gasteiger partial charge in [-0.25, -0.2) is 0 Å². The number of amides is 1. The SMILES string of the molecule is Cc1ccn(C2CCN(C(=O)C3Cc4cccc(C)c4O3)CC2)n1. The maximum absolute atomic E-state index is 12.8. The zero-order valence-corrected chi connectivity index (χ0v) is 14.2. The number of piperidine rings is 1. The number of ether oxygens (including phenoxy) is 1. The van der Waals surface area contributed by atoms with E-state index in [1.54, 1.807) is 0 Å². The summed E-state index contributed by atoms with van der Waals surface area (Å²) in [5.74, 6) is 1.03. The second-order valence-electron chi connectivity index (χ2n) is 6.87. The van der Waals surface area contributed by atoms with Crippen molar-refractivity contribution in [3.05, 3.63) is 47.3 Å². The van der Waals surface area contributed by atoms with Crippen molar-refractivity contribution in [1.29, 1.82) is 0 Å². The molecule has 2 aliphatic heterocycles. The van der Waals surface area contributed by atoms with Crippen LogP contribution in [0.15, 0.2) is 30.5 Å². The topological polar surface area (TPSA) is 47.4 Å². The fourth-order valence-corrected chi connectivity index (χ4v) is 3.75. The minimum Gasteiger partial charge on any atom is -0.480 e. The van der Waals surface area contributed by atoms with Crippen molar-refractivity contribution >= 4 is 5.91 Å². The number of carbonyl (C=O) groups excluding carboxylic acids is 1.